The highest BCUT2D eigenvalue weighted by Gasteiger charge is 2.40. The molecule has 2 N–H and O–H groups in total. The second kappa shape index (κ2) is 6.36. The number of hydrogen-bond donors (Lipinski definition) is 2. The molecule has 1 aromatic rings. The normalized spacial score (nSPS) is 25.2. The number of aliphatic hydroxyl groups is 1. The van der Waals surface area contributed by atoms with Gasteiger partial charge in [0.15, 0.2) is 0 Å². The number of rotatable bonds is 5. The van der Waals surface area contributed by atoms with Crippen LogP contribution < -0.4 is 5.32 Å². The van der Waals surface area contributed by atoms with Crippen LogP contribution in [0.5, 0.6) is 0 Å². The number of halogens is 1. The zero-order valence-electron chi connectivity index (χ0n) is 12.2. The third-order valence-corrected chi connectivity index (χ3v) is 4.45. The number of hydrogen-bond acceptors (Lipinski definition) is 4. The monoisotopic (exact) mass is 322 g/mol. The van der Waals surface area contributed by atoms with Gasteiger partial charge in [-0.2, -0.15) is 0 Å². The zero-order valence-corrected chi connectivity index (χ0v) is 12.9. The number of carbonyl (C=O) groups excluding carboxylic acids is 2. The van der Waals surface area contributed by atoms with E-state index in [2.05, 4.69) is 5.32 Å². The molecule has 1 unspecified atom stereocenters. The van der Waals surface area contributed by atoms with Gasteiger partial charge in [0.05, 0.1) is 6.04 Å². The van der Waals surface area contributed by atoms with E-state index in [4.69, 9.17) is 11.6 Å². The van der Waals surface area contributed by atoms with Crippen molar-refractivity contribution in [2.45, 2.75) is 50.5 Å². The average Bonchev–Trinajstić information content (AvgIpc) is 3.24. The van der Waals surface area contributed by atoms with E-state index in [1.807, 2.05) is 12.1 Å². The lowest BCUT2D eigenvalue weighted by atomic mass is 10.1. The number of nitrogens with one attached hydrogen (secondary N) is 1. The van der Waals surface area contributed by atoms with Crippen LogP contribution in [0.3, 0.4) is 0 Å². The maximum absolute atomic E-state index is 12.3. The molecule has 5 nitrogen and oxygen atoms in total. The van der Waals surface area contributed by atoms with Gasteiger partial charge in [0.2, 0.25) is 5.78 Å². The number of ketones is 1. The molecule has 22 heavy (non-hydrogen) atoms. The van der Waals surface area contributed by atoms with E-state index in [0.29, 0.717) is 24.4 Å². The summed E-state index contributed by atoms with van der Waals surface area (Å²) in [5, 5.41) is 13.5. The van der Waals surface area contributed by atoms with E-state index in [1.165, 1.54) is 0 Å². The van der Waals surface area contributed by atoms with Crippen LogP contribution in [-0.4, -0.2) is 40.0 Å². The number of benzene rings is 1. The Morgan fingerprint density at radius 2 is 1.86 bits per heavy atom. The molecule has 1 amide bonds. The van der Waals surface area contributed by atoms with Crippen molar-refractivity contribution in [1.82, 2.24) is 10.2 Å². The molecule has 1 aliphatic heterocycles. The van der Waals surface area contributed by atoms with E-state index in [0.717, 1.165) is 18.4 Å². The number of nitrogens with zero attached hydrogens (tertiary/aromatic N) is 1. The average molecular weight is 323 g/mol. The molecular formula is C16H19ClN2O3. The largest absolute Gasteiger partial charge is 0.378 e. The van der Waals surface area contributed by atoms with Gasteiger partial charge in [-0.1, -0.05) is 23.7 Å². The summed E-state index contributed by atoms with van der Waals surface area (Å²) in [5.41, 5.74) is 0.950. The molecular weight excluding hydrogens is 304 g/mol. The molecule has 1 aromatic carbocycles. The highest BCUT2D eigenvalue weighted by atomic mass is 35.5. The summed E-state index contributed by atoms with van der Waals surface area (Å²) in [7, 11) is 0. The van der Waals surface area contributed by atoms with E-state index < -0.39 is 24.0 Å². The predicted octanol–water partition coefficient (Wildman–Crippen LogP) is 1.47. The second-order valence-electron chi connectivity index (χ2n) is 5.98. The summed E-state index contributed by atoms with van der Waals surface area (Å²) in [5.74, 6) is -0.972. The van der Waals surface area contributed by atoms with Gasteiger partial charge in [-0.05, 0) is 43.4 Å². The van der Waals surface area contributed by atoms with Crippen molar-refractivity contribution in [3.63, 3.8) is 0 Å². The van der Waals surface area contributed by atoms with Crippen LogP contribution in [0.1, 0.15) is 31.2 Å². The molecule has 2 aliphatic rings. The first-order valence-electron chi connectivity index (χ1n) is 7.57. The molecule has 1 aliphatic carbocycles. The summed E-state index contributed by atoms with van der Waals surface area (Å²) in [6.07, 6.45) is 2.20. The van der Waals surface area contributed by atoms with Crippen molar-refractivity contribution in [1.29, 1.82) is 0 Å². The third kappa shape index (κ3) is 3.48. The molecule has 2 atom stereocenters. The highest BCUT2D eigenvalue weighted by Crippen LogP contribution is 2.26. The summed E-state index contributed by atoms with van der Waals surface area (Å²) >= 11 is 5.86. The Labute approximate surface area is 134 Å². The maximum Gasteiger partial charge on any atom is 0.289 e. The Balaban J connectivity index is 1.68. The fourth-order valence-corrected chi connectivity index (χ4v) is 2.91. The number of carbonyl (C=O) groups is 2. The van der Waals surface area contributed by atoms with Gasteiger partial charge >= 0.3 is 0 Å². The van der Waals surface area contributed by atoms with Crippen LogP contribution in [0.4, 0.5) is 0 Å². The van der Waals surface area contributed by atoms with Gasteiger partial charge < -0.3 is 10.4 Å². The molecule has 2 fully saturated rings. The molecule has 1 heterocycles. The Hall–Kier alpha value is -1.43. The molecule has 3 rings (SSSR count). The second-order valence-corrected chi connectivity index (χ2v) is 6.42. The lowest BCUT2D eigenvalue weighted by Crippen LogP contribution is -2.46. The molecule has 0 spiro atoms. The third-order valence-electron chi connectivity index (χ3n) is 4.20. The van der Waals surface area contributed by atoms with Gasteiger partial charge in [0.1, 0.15) is 6.23 Å². The van der Waals surface area contributed by atoms with Crippen LogP contribution >= 0.6 is 11.6 Å². The Bertz CT molecular complexity index is 571. The van der Waals surface area contributed by atoms with Gasteiger partial charge in [0.25, 0.3) is 5.91 Å². The first-order valence-corrected chi connectivity index (χ1v) is 7.95. The zero-order chi connectivity index (χ0) is 15.7. The first kappa shape index (κ1) is 15.5. The smallest absolute Gasteiger partial charge is 0.289 e. The summed E-state index contributed by atoms with van der Waals surface area (Å²) < 4.78 is 0. The molecule has 0 aromatic heterocycles. The van der Waals surface area contributed by atoms with Crippen molar-refractivity contribution in [2.75, 3.05) is 0 Å². The number of likely N-dealkylation sites (tertiary alicyclic amines) is 1. The number of amides is 1. The van der Waals surface area contributed by atoms with E-state index in [-0.39, 0.29) is 6.04 Å². The van der Waals surface area contributed by atoms with Gasteiger partial charge in [-0.15, -0.1) is 0 Å². The quantitative estimate of drug-likeness (QED) is 0.806. The minimum Gasteiger partial charge on any atom is -0.378 e. The molecule has 0 radical (unpaired) electrons. The lowest BCUT2D eigenvalue weighted by Gasteiger charge is -2.26. The van der Waals surface area contributed by atoms with Gasteiger partial charge in [-0.3, -0.25) is 14.5 Å². The minimum absolute atomic E-state index is 0.160. The van der Waals surface area contributed by atoms with Gasteiger partial charge in [0, 0.05) is 17.6 Å². The molecule has 1 saturated carbocycles. The highest BCUT2D eigenvalue weighted by molar-refractivity contribution is 6.38. The van der Waals surface area contributed by atoms with E-state index in [1.54, 1.807) is 17.0 Å². The van der Waals surface area contributed by atoms with Crippen molar-refractivity contribution in [3.8, 4) is 0 Å². The van der Waals surface area contributed by atoms with Crippen molar-refractivity contribution >= 4 is 23.3 Å². The molecule has 6 heteroatoms. The maximum atomic E-state index is 12.3. The number of Topliss-reactive ketones (excluding diaryl/α,β-unsaturated/α-hetero) is 1. The SMILES string of the molecule is O=C(NC1CC1)C(=O)[C@H]1CCC(O)N1Cc1ccc(Cl)cc1. The summed E-state index contributed by atoms with van der Waals surface area (Å²) in [6, 6.07) is 6.88. The van der Waals surface area contributed by atoms with Crippen LogP contribution in [0, 0.1) is 0 Å². The molecule has 1 saturated heterocycles. The minimum atomic E-state index is -0.696. The van der Waals surface area contributed by atoms with Crippen molar-refractivity contribution in [2.24, 2.45) is 0 Å². The topological polar surface area (TPSA) is 69.6 Å². The van der Waals surface area contributed by atoms with Crippen molar-refractivity contribution in [3.05, 3.63) is 34.9 Å². The standard InChI is InChI=1S/C16H19ClN2O3/c17-11-3-1-10(2-4-11)9-19-13(7-8-14(19)20)15(21)16(22)18-12-5-6-12/h1-4,12-14,20H,5-9H2,(H,18,22)/t13-,14?/m1/s1. The van der Waals surface area contributed by atoms with E-state index >= 15 is 0 Å². The van der Waals surface area contributed by atoms with Gasteiger partial charge in [-0.25, -0.2) is 0 Å². The molecule has 0 bridgehead atoms. The van der Waals surface area contributed by atoms with Crippen LogP contribution in [0.25, 0.3) is 0 Å². The lowest BCUT2D eigenvalue weighted by molar-refractivity contribution is -0.142. The first-order chi connectivity index (χ1) is 10.5. The predicted molar refractivity (Wildman–Crippen MR) is 82.2 cm³/mol. The summed E-state index contributed by atoms with van der Waals surface area (Å²) in [4.78, 5) is 26.0. The summed E-state index contributed by atoms with van der Waals surface area (Å²) in [6.45, 7) is 0.422. The van der Waals surface area contributed by atoms with Crippen LogP contribution in [-0.2, 0) is 16.1 Å². The van der Waals surface area contributed by atoms with Crippen LogP contribution in [0.15, 0.2) is 24.3 Å². The fraction of sp³-hybridized carbons (Fsp3) is 0.500. The van der Waals surface area contributed by atoms with Crippen molar-refractivity contribution < 1.29 is 14.7 Å². The van der Waals surface area contributed by atoms with E-state index in [9.17, 15) is 14.7 Å². The Morgan fingerprint density at radius 1 is 1.18 bits per heavy atom. The van der Waals surface area contributed by atoms with Crippen LogP contribution in [0.2, 0.25) is 5.02 Å². The fourth-order valence-electron chi connectivity index (χ4n) is 2.78. The Kier molecular flexibility index (Phi) is 4.47. The number of aliphatic hydroxyl groups excluding tert-OH is 1. The Morgan fingerprint density at radius 3 is 2.50 bits per heavy atom. The molecule has 118 valence electrons.